The molecule has 1 atom stereocenters. The van der Waals surface area contributed by atoms with E-state index in [1.165, 1.54) is 12.8 Å². The summed E-state index contributed by atoms with van der Waals surface area (Å²) in [6, 6.07) is 8.06. The molecule has 3 rings (SSSR count). The number of nitrogens with one attached hydrogen (secondary N) is 1. The molecule has 0 saturated carbocycles. The van der Waals surface area contributed by atoms with Crippen molar-refractivity contribution in [2.24, 2.45) is 0 Å². The second kappa shape index (κ2) is 6.56. The predicted molar refractivity (Wildman–Crippen MR) is 82.1 cm³/mol. The van der Waals surface area contributed by atoms with Crippen LogP contribution in [-0.4, -0.2) is 41.2 Å². The van der Waals surface area contributed by atoms with E-state index in [-0.39, 0.29) is 0 Å². The summed E-state index contributed by atoms with van der Waals surface area (Å²) in [6.45, 7) is 2.79. The summed E-state index contributed by atoms with van der Waals surface area (Å²) in [5, 5.41) is 8.15. The molecule has 2 heterocycles. The topological polar surface area (TPSA) is 54.2 Å². The Hall–Kier alpha value is -1.43. The second-order valence-corrected chi connectivity index (χ2v) is 5.89. The third-order valence-electron chi connectivity index (χ3n) is 3.68. The van der Waals surface area contributed by atoms with Gasteiger partial charge in [0.05, 0.1) is 17.1 Å². The van der Waals surface area contributed by atoms with Crippen LogP contribution < -0.4 is 5.32 Å². The summed E-state index contributed by atoms with van der Waals surface area (Å²) in [6.07, 6.45) is 2.50. The van der Waals surface area contributed by atoms with E-state index in [2.05, 4.69) is 27.4 Å². The van der Waals surface area contributed by atoms with Crippen LogP contribution in [0.1, 0.15) is 18.7 Å². The van der Waals surface area contributed by atoms with Gasteiger partial charge in [-0.05, 0) is 38.6 Å². The number of hydrogen-bond donors (Lipinski definition) is 1. The van der Waals surface area contributed by atoms with Crippen LogP contribution in [0.5, 0.6) is 0 Å². The van der Waals surface area contributed by atoms with Gasteiger partial charge >= 0.3 is 0 Å². The standard InChI is InChI=1S/C15H19ClN4O/c1-20(9-11-5-4-8-17-11)10-14-18-15(21-19-14)12-6-2-3-7-13(12)16/h2-3,6-7,11,17H,4-5,8-10H2,1H3. The molecule has 1 fully saturated rings. The maximum absolute atomic E-state index is 6.14. The van der Waals surface area contributed by atoms with E-state index in [9.17, 15) is 0 Å². The fourth-order valence-electron chi connectivity index (χ4n) is 2.66. The molecule has 1 aliphatic rings. The molecule has 0 amide bonds. The average molecular weight is 307 g/mol. The smallest absolute Gasteiger partial charge is 0.259 e. The van der Waals surface area contributed by atoms with Gasteiger partial charge in [-0.25, -0.2) is 0 Å². The highest BCUT2D eigenvalue weighted by Crippen LogP contribution is 2.25. The summed E-state index contributed by atoms with van der Waals surface area (Å²) in [5.41, 5.74) is 0.776. The van der Waals surface area contributed by atoms with Gasteiger partial charge in [0.15, 0.2) is 5.82 Å². The van der Waals surface area contributed by atoms with E-state index in [1.54, 1.807) is 0 Å². The Morgan fingerprint density at radius 1 is 1.43 bits per heavy atom. The molecule has 5 nitrogen and oxygen atoms in total. The van der Waals surface area contributed by atoms with E-state index in [0.717, 1.165) is 18.7 Å². The van der Waals surface area contributed by atoms with Gasteiger partial charge in [-0.2, -0.15) is 4.98 Å². The van der Waals surface area contributed by atoms with Crippen LogP contribution in [0.4, 0.5) is 0 Å². The molecule has 0 bridgehead atoms. The van der Waals surface area contributed by atoms with Gasteiger partial charge in [-0.3, -0.25) is 4.90 Å². The SMILES string of the molecule is CN(Cc1noc(-c2ccccc2Cl)n1)CC1CCCN1. The molecule has 1 aliphatic heterocycles. The van der Waals surface area contributed by atoms with Crippen molar-refractivity contribution in [2.45, 2.75) is 25.4 Å². The maximum Gasteiger partial charge on any atom is 0.259 e. The first kappa shape index (κ1) is 14.5. The largest absolute Gasteiger partial charge is 0.334 e. The normalized spacial score (nSPS) is 18.5. The Labute approximate surface area is 129 Å². The highest BCUT2D eigenvalue weighted by atomic mass is 35.5. The number of likely N-dealkylation sites (N-methyl/N-ethyl adjacent to an activating group) is 1. The lowest BCUT2D eigenvalue weighted by Gasteiger charge is -2.19. The average Bonchev–Trinajstić information content (AvgIpc) is 3.11. The third-order valence-corrected chi connectivity index (χ3v) is 4.01. The van der Waals surface area contributed by atoms with Crippen LogP contribution in [0.3, 0.4) is 0 Å². The van der Waals surface area contributed by atoms with Crippen molar-refractivity contribution < 1.29 is 4.52 Å². The number of halogens is 1. The van der Waals surface area contributed by atoms with Crippen LogP contribution in [0.2, 0.25) is 5.02 Å². The van der Waals surface area contributed by atoms with E-state index in [4.69, 9.17) is 16.1 Å². The molecule has 1 saturated heterocycles. The second-order valence-electron chi connectivity index (χ2n) is 5.49. The molecular weight excluding hydrogens is 288 g/mol. The van der Waals surface area contributed by atoms with Crippen LogP contribution in [0, 0.1) is 0 Å². The van der Waals surface area contributed by atoms with E-state index >= 15 is 0 Å². The van der Waals surface area contributed by atoms with Crippen LogP contribution in [-0.2, 0) is 6.54 Å². The molecular formula is C15H19ClN4O. The number of aromatic nitrogens is 2. The highest BCUT2D eigenvalue weighted by molar-refractivity contribution is 6.33. The number of benzene rings is 1. The van der Waals surface area contributed by atoms with Crippen molar-refractivity contribution in [1.29, 1.82) is 0 Å². The van der Waals surface area contributed by atoms with E-state index in [1.807, 2.05) is 24.3 Å². The van der Waals surface area contributed by atoms with Gasteiger partial charge in [-0.1, -0.05) is 28.9 Å². The lowest BCUT2D eigenvalue weighted by molar-refractivity contribution is 0.281. The van der Waals surface area contributed by atoms with Gasteiger partial charge in [-0.15, -0.1) is 0 Å². The van der Waals surface area contributed by atoms with E-state index < -0.39 is 0 Å². The molecule has 0 spiro atoms. The molecule has 1 unspecified atom stereocenters. The predicted octanol–water partition coefficient (Wildman–Crippen LogP) is 2.57. The fourth-order valence-corrected chi connectivity index (χ4v) is 2.87. The molecule has 21 heavy (non-hydrogen) atoms. The molecule has 1 N–H and O–H groups in total. The first-order valence-electron chi connectivity index (χ1n) is 7.22. The summed E-state index contributed by atoms with van der Waals surface area (Å²) in [4.78, 5) is 6.64. The van der Waals surface area contributed by atoms with Gasteiger partial charge < -0.3 is 9.84 Å². The Morgan fingerprint density at radius 2 is 2.29 bits per heavy atom. The van der Waals surface area contributed by atoms with Crippen molar-refractivity contribution in [3.8, 4) is 11.5 Å². The van der Waals surface area contributed by atoms with E-state index in [0.29, 0.717) is 29.3 Å². The third kappa shape index (κ3) is 3.61. The molecule has 1 aromatic heterocycles. The highest BCUT2D eigenvalue weighted by Gasteiger charge is 2.18. The van der Waals surface area contributed by atoms with Crippen LogP contribution in [0.25, 0.3) is 11.5 Å². The monoisotopic (exact) mass is 306 g/mol. The van der Waals surface area contributed by atoms with Gasteiger partial charge in [0.1, 0.15) is 0 Å². The minimum atomic E-state index is 0.475. The molecule has 6 heteroatoms. The lowest BCUT2D eigenvalue weighted by atomic mass is 10.2. The zero-order chi connectivity index (χ0) is 14.7. The van der Waals surface area contributed by atoms with Crippen molar-refractivity contribution in [2.75, 3.05) is 20.1 Å². The number of nitrogens with zero attached hydrogens (tertiary/aromatic N) is 3. The molecule has 0 radical (unpaired) electrons. The quantitative estimate of drug-likeness (QED) is 0.920. The summed E-state index contributed by atoms with van der Waals surface area (Å²) < 4.78 is 5.31. The van der Waals surface area contributed by atoms with Crippen molar-refractivity contribution >= 4 is 11.6 Å². The zero-order valence-electron chi connectivity index (χ0n) is 12.1. The zero-order valence-corrected chi connectivity index (χ0v) is 12.8. The van der Waals surface area contributed by atoms with Gasteiger partial charge in [0, 0.05) is 12.6 Å². The molecule has 0 aliphatic carbocycles. The number of hydrogen-bond acceptors (Lipinski definition) is 5. The minimum absolute atomic E-state index is 0.475. The van der Waals surface area contributed by atoms with Crippen molar-refractivity contribution in [3.05, 3.63) is 35.1 Å². The molecule has 1 aromatic carbocycles. The van der Waals surface area contributed by atoms with Gasteiger partial charge in [0.2, 0.25) is 0 Å². The Morgan fingerprint density at radius 3 is 3.05 bits per heavy atom. The van der Waals surface area contributed by atoms with Gasteiger partial charge in [0.25, 0.3) is 5.89 Å². The summed E-state index contributed by atoms with van der Waals surface area (Å²) in [7, 11) is 2.07. The lowest BCUT2D eigenvalue weighted by Crippen LogP contribution is -2.35. The Balaban J connectivity index is 1.63. The maximum atomic E-state index is 6.14. The van der Waals surface area contributed by atoms with Crippen LogP contribution >= 0.6 is 11.6 Å². The first-order valence-corrected chi connectivity index (χ1v) is 7.59. The molecule has 112 valence electrons. The minimum Gasteiger partial charge on any atom is -0.334 e. The van der Waals surface area contributed by atoms with Crippen molar-refractivity contribution in [1.82, 2.24) is 20.4 Å². The summed E-state index contributed by atoms with van der Waals surface area (Å²) in [5.74, 6) is 1.16. The summed E-state index contributed by atoms with van der Waals surface area (Å²) >= 11 is 6.14. The molecule has 2 aromatic rings. The Bertz CT molecular complexity index is 595. The van der Waals surface area contributed by atoms with Crippen molar-refractivity contribution in [3.63, 3.8) is 0 Å². The van der Waals surface area contributed by atoms with Crippen LogP contribution in [0.15, 0.2) is 28.8 Å². The number of rotatable bonds is 5. The Kier molecular flexibility index (Phi) is 4.53. The first-order chi connectivity index (χ1) is 10.2. The fraction of sp³-hybridized carbons (Fsp3) is 0.467.